The Kier molecular flexibility index (Phi) is 5.15. The second kappa shape index (κ2) is 6.72. The first-order valence-electron chi connectivity index (χ1n) is 6.44. The fraction of sp³-hybridized carbons (Fsp3) is 0.308. The van der Waals surface area contributed by atoms with Crippen molar-refractivity contribution in [2.75, 3.05) is 6.54 Å². The number of aromatic nitrogens is 2. The standard InChI is InChI=1S/C13H14ClF2N3O2S/c1-9-11(14)8-17-19(9)6-2-5-18-22(20,21)13-4-3-10(15)7-12(13)16/h3-4,7-8,18H,2,5-6H2,1H3. The molecule has 120 valence electrons. The monoisotopic (exact) mass is 349 g/mol. The molecule has 0 aliphatic heterocycles. The zero-order valence-corrected chi connectivity index (χ0v) is 13.3. The average molecular weight is 350 g/mol. The highest BCUT2D eigenvalue weighted by atomic mass is 35.5. The van der Waals surface area contributed by atoms with Gasteiger partial charge in [0.2, 0.25) is 10.0 Å². The number of sulfonamides is 1. The minimum absolute atomic E-state index is 0.0933. The Morgan fingerprint density at radius 1 is 1.36 bits per heavy atom. The van der Waals surface area contributed by atoms with Crippen LogP contribution in [0.1, 0.15) is 12.1 Å². The summed E-state index contributed by atoms with van der Waals surface area (Å²) in [6.45, 7) is 2.36. The Morgan fingerprint density at radius 2 is 2.09 bits per heavy atom. The van der Waals surface area contributed by atoms with Crippen LogP contribution in [0.15, 0.2) is 29.3 Å². The summed E-state index contributed by atoms with van der Waals surface area (Å²) in [5, 5.41) is 4.57. The van der Waals surface area contributed by atoms with Crippen LogP contribution in [-0.2, 0) is 16.6 Å². The highest BCUT2D eigenvalue weighted by molar-refractivity contribution is 7.89. The molecular weight excluding hydrogens is 336 g/mol. The molecule has 1 aromatic carbocycles. The van der Waals surface area contributed by atoms with E-state index in [1.807, 2.05) is 0 Å². The van der Waals surface area contributed by atoms with E-state index in [9.17, 15) is 17.2 Å². The molecule has 0 atom stereocenters. The summed E-state index contributed by atoms with van der Waals surface area (Å²) in [5.41, 5.74) is 0.786. The number of nitrogens with one attached hydrogen (secondary N) is 1. The normalized spacial score (nSPS) is 11.8. The van der Waals surface area contributed by atoms with Crippen LogP contribution in [0.5, 0.6) is 0 Å². The maximum Gasteiger partial charge on any atom is 0.243 e. The second-order valence-corrected chi connectivity index (χ2v) is 6.77. The molecule has 9 heteroatoms. The summed E-state index contributed by atoms with van der Waals surface area (Å²) in [7, 11) is -4.01. The molecule has 1 N–H and O–H groups in total. The number of benzene rings is 1. The molecule has 5 nitrogen and oxygen atoms in total. The zero-order valence-electron chi connectivity index (χ0n) is 11.7. The van der Waals surface area contributed by atoms with Gasteiger partial charge < -0.3 is 0 Å². The molecule has 0 fully saturated rings. The van der Waals surface area contributed by atoms with Crippen LogP contribution in [0.25, 0.3) is 0 Å². The Balaban J connectivity index is 1.94. The summed E-state index contributed by atoms with van der Waals surface area (Å²) in [4.78, 5) is -0.577. The number of halogens is 3. The second-order valence-electron chi connectivity index (χ2n) is 4.63. The SMILES string of the molecule is Cc1c(Cl)cnn1CCCNS(=O)(=O)c1ccc(F)cc1F. The zero-order chi connectivity index (χ0) is 16.3. The van der Waals surface area contributed by atoms with Crippen molar-refractivity contribution in [2.45, 2.75) is 24.8 Å². The predicted molar refractivity (Wildman–Crippen MR) is 78.1 cm³/mol. The molecule has 1 aromatic heterocycles. The summed E-state index contributed by atoms with van der Waals surface area (Å²) in [5.74, 6) is -1.95. The van der Waals surface area contributed by atoms with E-state index in [0.717, 1.165) is 17.8 Å². The van der Waals surface area contributed by atoms with Gasteiger partial charge in [-0.2, -0.15) is 5.10 Å². The third-order valence-corrected chi connectivity index (χ3v) is 4.93. The van der Waals surface area contributed by atoms with Gasteiger partial charge in [0.25, 0.3) is 0 Å². The Hall–Kier alpha value is -1.51. The topological polar surface area (TPSA) is 64.0 Å². The van der Waals surface area contributed by atoms with Crippen LogP contribution in [0.4, 0.5) is 8.78 Å². The van der Waals surface area contributed by atoms with Gasteiger partial charge in [-0.25, -0.2) is 21.9 Å². The van der Waals surface area contributed by atoms with Crippen LogP contribution >= 0.6 is 11.6 Å². The average Bonchev–Trinajstić information content (AvgIpc) is 2.75. The number of aryl methyl sites for hydroxylation is 1. The van der Waals surface area contributed by atoms with Crippen molar-refractivity contribution in [1.29, 1.82) is 0 Å². The fourth-order valence-electron chi connectivity index (χ4n) is 1.86. The Labute approximate surface area is 132 Å². The minimum atomic E-state index is -4.01. The summed E-state index contributed by atoms with van der Waals surface area (Å²) >= 11 is 5.86. The molecule has 0 saturated heterocycles. The van der Waals surface area contributed by atoms with E-state index in [1.165, 1.54) is 6.20 Å². The van der Waals surface area contributed by atoms with E-state index in [-0.39, 0.29) is 6.54 Å². The van der Waals surface area contributed by atoms with Gasteiger partial charge in [-0.05, 0) is 25.5 Å². The maximum absolute atomic E-state index is 13.5. The number of hydrogen-bond donors (Lipinski definition) is 1. The van der Waals surface area contributed by atoms with Crippen molar-refractivity contribution in [2.24, 2.45) is 0 Å². The molecule has 0 amide bonds. The minimum Gasteiger partial charge on any atom is -0.268 e. The third kappa shape index (κ3) is 3.82. The molecule has 22 heavy (non-hydrogen) atoms. The molecule has 0 bridgehead atoms. The molecular formula is C13H14ClF2N3O2S. The third-order valence-electron chi connectivity index (χ3n) is 3.07. The van der Waals surface area contributed by atoms with Crippen molar-refractivity contribution in [3.63, 3.8) is 0 Å². The number of nitrogens with zero attached hydrogens (tertiary/aromatic N) is 2. The highest BCUT2D eigenvalue weighted by Gasteiger charge is 2.18. The van der Waals surface area contributed by atoms with Crippen molar-refractivity contribution >= 4 is 21.6 Å². The van der Waals surface area contributed by atoms with Crippen LogP contribution < -0.4 is 4.72 Å². The van der Waals surface area contributed by atoms with Gasteiger partial charge in [0, 0.05) is 19.2 Å². The van der Waals surface area contributed by atoms with Gasteiger partial charge in [-0.1, -0.05) is 11.6 Å². The first-order valence-corrected chi connectivity index (χ1v) is 8.30. The molecule has 0 unspecified atom stereocenters. The molecule has 0 radical (unpaired) electrons. The van der Waals surface area contributed by atoms with Crippen molar-refractivity contribution in [3.05, 3.63) is 46.7 Å². The Morgan fingerprint density at radius 3 is 2.68 bits per heavy atom. The van der Waals surface area contributed by atoms with Crippen LogP contribution in [0.3, 0.4) is 0 Å². The van der Waals surface area contributed by atoms with E-state index >= 15 is 0 Å². The lowest BCUT2D eigenvalue weighted by Crippen LogP contribution is -2.26. The predicted octanol–water partition coefficient (Wildman–Crippen LogP) is 2.49. The largest absolute Gasteiger partial charge is 0.268 e. The van der Waals surface area contributed by atoms with Gasteiger partial charge in [-0.3, -0.25) is 4.68 Å². The van der Waals surface area contributed by atoms with Crippen LogP contribution in [0.2, 0.25) is 5.02 Å². The van der Waals surface area contributed by atoms with Gasteiger partial charge in [0.15, 0.2) is 0 Å². The van der Waals surface area contributed by atoms with Gasteiger partial charge in [-0.15, -0.1) is 0 Å². The Bertz CT molecular complexity index is 778. The first kappa shape index (κ1) is 16.9. The smallest absolute Gasteiger partial charge is 0.243 e. The van der Waals surface area contributed by atoms with E-state index in [1.54, 1.807) is 11.6 Å². The van der Waals surface area contributed by atoms with Gasteiger partial charge in [0.05, 0.1) is 16.9 Å². The molecule has 0 aliphatic rings. The highest BCUT2D eigenvalue weighted by Crippen LogP contribution is 2.16. The maximum atomic E-state index is 13.5. The fourth-order valence-corrected chi connectivity index (χ4v) is 3.13. The van der Waals surface area contributed by atoms with E-state index < -0.39 is 26.6 Å². The lowest BCUT2D eigenvalue weighted by Gasteiger charge is -2.08. The molecule has 2 aromatic rings. The van der Waals surface area contributed by atoms with Crippen molar-refractivity contribution in [1.82, 2.24) is 14.5 Å². The van der Waals surface area contributed by atoms with Gasteiger partial charge >= 0.3 is 0 Å². The van der Waals surface area contributed by atoms with Crippen LogP contribution in [0, 0.1) is 18.6 Å². The van der Waals surface area contributed by atoms with Gasteiger partial charge in [0.1, 0.15) is 16.5 Å². The van der Waals surface area contributed by atoms with E-state index in [0.29, 0.717) is 24.1 Å². The van der Waals surface area contributed by atoms with E-state index in [4.69, 9.17) is 11.6 Å². The number of rotatable bonds is 6. The quantitative estimate of drug-likeness (QED) is 0.815. The molecule has 2 rings (SSSR count). The molecule has 1 heterocycles. The summed E-state index contributed by atoms with van der Waals surface area (Å²) in [6.07, 6.45) is 1.95. The van der Waals surface area contributed by atoms with Crippen LogP contribution in [-0.4, -0.2) is 24.7 Å². The lowest BCUT2D eigenvalue weighted by molar-refractivity contribution is 0.532. The molecule has 0 aliphatic carbocycles. The molecule has 0 saturated carbocycles. The lowest BCUT2D eigenvalue weighted by atomic mass is 10.3. The summed E-state index contributed by atoms with van der Waals surface area (Å²) < 4.78 is 54.1. The van der Waals surface area contributed by atoms with Crippen molar-refractivity contribution < 1.29 is 17.2 Å². The van der Waals surface area contributed by atoms with Crippen molar-refractivity contribution in [3.8, 4) is 0 Å². The molecule has 0 spiro atoms. The number of hydrogen-bond acceptors (Lipinski definition) is 3. The van der Waals surface area contributed by atoms with E-state index in [2.05, 4.69) is 9.82 Å². The summed E-state index contributed by atoms with van der Waals surface area (Å²) in [6, 6.07) is 2.32. The first-order chi connectivity index (χ1) is 10.3.